The number of carbonyl (C=O) groups is 1. The van der Waals surface area contributed by atoms with Gasteiger partial charge in [-0.25, -0.2) is 9.97 Å². The van der Waals surface area contributed by atoms with Crippen molar-refractivity contribution in [3.8, 4) is 0 Å². The number of nitrogens with zero attached hydrogens (tertiary/aromatic N) is 4. The zero-order chi connectivity index (χ0) is 20.2. The highest BCUT2D eigenvalue weighted by atomic mass is 16.1. The van der Waals surface area contributed by atoms with Crippen LogP contribution < -0.4 is 15.1 Å². The first-order valence-corrected chi connectivity index (χ1v) is 10.9. The lowest BCUT2D eigenvalue weighted by Gasteiger charge is -2.32. The third kappa shape index (κ3) is 4.86. The summed E-state index contributed by atoms with van der Waals surface area (Å²) in [5.41, 5.74) is 3.26. The molecule has 0 radical (unpaired) electrons. The molecule has 1 amide bonds. The average molecular weight is 394 g/mol. The van der Waals surface area contributed by atoms with Crippen molar-refractivity contribution in [3.05, 3.63) is 41.7 Å². The molecular weight excluding hydrogens is 362 g/mol. The first-order chi connectivity index (χ1) is 14.1. The van der Waals surface area contributed by atoms with Gasteiger partial charge >= 0.3 is 0 Å². The van der Waals surface area contributed by atoms with Gasteiger partial charge in [0.2, 0.25) is 5.95 Å². The van der Waals surface area contributed by atoms with Gasteiger partial charge < -0.3 is 15.1 Å². The summed E-state index contributed by atoms with van der Waals surface area (Å²) in [6.45, 7) is 8.36. The van der Waals surface area contributed by atoms with Crippen molar-refractivity contribution in [2.24, 2.45) is 5.92 Å². The van der Waals surface area contributed by atoms with Crippen LogP contribution in [0.5, 0.6) is 0 Å². The molecule has 0 aliphatic carbocycles. The Bertz CT molecular complexity index is 837. The first-order valence-electron chi connectivity index (χ1n) is 10.9. The van der Waals surface area contributed by atoms with Gasteiger partial charge in [0.25, 0.3) is 5.91 Å². The molecule has 0 atom stereocenters. The van der Waals surface area contributed by atoms with Crippen LogP contribution in [0.3, 0.4) is 0 Å². The van der Waals surface area contributed by atoms with E-state index >= 15 is 0 Å². The van der Waals surface area contributed by atoms with Crippen LogP contribution in [0.2, 0.25) is 0 Å². The van der Waals surface area contributed by atoms with Crippen LogP contribution >= 0.6 is 0 Å². The molecule has 2 aliphatic heterocycles. The van der Waals surface area contributed by atoms with Crippen molar-refractivity contribution in [1.29, 1.82) is 0 Å². The number of piperidine rings is 2. The maximum absolute atomic E-state index is 12.8. The predicted octanol–water partition coefficient (Wildman–Crippen LogP) is 4.26. The van der Waals surface area contributed by atoms with Crippen molar-refractivity contribution >= 4 is 23.2 Å². The summed E-state index contributed by atoms with van der Waals surface area (Å²) in [6.07, 6.45) is 6.04. The standard InChI is InChI=1S/C23H31N5O/c1-17-10-14-27(15-11-17)20-8-6-19(7-9-20)25-22(29)21-16-18(2)24-23(26-21)28-12-4-3-5-13-28/h6-9,16-17H,3-5,10-15H2,1-2H3,(H,25,29). The second-order valence-corrected chi connectivity index (χ2v) is 8.41. The summed E-state index contributed by atoms with van der Waals surface area (Å²) in [7, 11) is 0. The zero-order valence-corrected chi connectivity index (χ0v) is 17.5. The van der Waals surface area contributed by atoms with Crippen LogP contribution in [0.4, 0.5) is 17.3 Å². The Morgan fingerprint density at radius 3 is 2.34 bits per heavy atom. The van der Waals surface area contributed by atoms with E-state index < -0.39 is 0 Å². The monoisotopic (exact) mass is 393 g/mol. The second kappa shape index (κ2) is 8.80. The zero-order valence-electron chi connectivity index (χ0n) is 17.5. The lowest BCUT2D eigenvalue weighted by molar-refractivity contribution is 0.102. The van der Waals surface area contributed by atoms with E-state index in [1.54, 1.807) is 6.07 Å². The van der Waals surface area contributed by atoms with E-state index in [1.165, 1.54) is 24.9 Å². The smallest absolute Gasteiger partial charge is 0.274 e. The number of hydrogen-bond donors (Lipinski definition) is 1. The number of aryl methyl sites for hydroxylation is 1. The third-order valence-electron chi connectivity index (χ3n) is 5.99. The molecule has 0 saturated carbocycles. The number of benzene rings is 1. The number of hydrogen-bond acceptors (Lipinski definition) is 5. The van der Waals surface area contributed by atoms with Gasteiger partial charge in [0.05, 0.1) is 0 Å². The van der Waals surface area contributed by atoms with Crippen molar-refractivity contribution < 1.29 is 4.79 Å². The fraction of sp³-hybridized carbons (Fsp3) is 0.522. The van der Waals surface area contributed by atoms with E-state index in [1.807, 2.05) is 19.1 Å². The van der Waals surface area contributed by atoms with Gasteiger partial charge in [0, 0.05) is 43.2 Å². The minimum Gasteiger partial charge on any atom is -0.372 e. The largest absolute Gasteiger partial charge is 0.372 e. The molecule has 0 spiro atoms. The van der Waals surface area contributed by atoms with Gasteiger partial charge in [-0.2, -0.15) is 0 Å². The number of carbonyl (C=O) groups excluding carboxylic acids is 1. The van der Waals surface area contributed by atoms with E-state index in [0.717, 1.165) is 56.3 Å². The summed E-state index contributed by atoms with van der Waals surface area (Å²) in [5.74, 6) is 1.30. The maximum Gasteiger partial charge on any atom is 0.274 e. The molecule has 2 aromatic rings. The SMILES string of the molecule is Cc1cc(C(=O)Nc2ccc(N3CCC(C)CC3)cc2)nc(N2CCCCC2)n1. The highest BCUT2D eigenvalue weighted by Crippen LogP contribution is 2.24. The van der Waals surface area contributed by atoms with E-state index in [-0.39, 0.29) is 5.91 Å². The van der Waals surface area contributed by atoms with E-state index in [9.17, 15) is 4.79 Å². The molecule has 6 heteroatoms. The van der Waals surface area contributed by atoms with Gasteiger partial charge in [-0.05, 0) is 75.3 Å². The molecule has 2 fully saturated rings. The Morgan fingerprint density at radius 2 is 1.66 bits per heavy atom. The van der Waals surface area contributed by atoms with Crippen LogP contribution in [0, 0.1) is 12.8 Å². The predicted molar refractivity (Wildman–Crippen MR) is 118 cm³/mol. The first kappa shape index (κ1) is 19.7. The van der Waals surface area contributed by atoms with Crippen molar-refractivity contribution in [2.75, 3.05) is 41.3 Å². The van der Waals surface area contributed by atoms with E-state index in [2.05, 4.69) is 44.1 Å². The molecule has 1 aromatic carbocycles. The topological polar surface area (TPSA) is 61.4 Å². The molecule has 2 saturated heterocycles. The molecule has 154 valence electrons. The van der Waals surface area contributed by atoms with Crippen LogP contribution in [-0.4, -0.2) is 42.1 Å². The van der Waals surface area contributed by atoms with E-state index in [0.29, 0.717) is 11.6 Å². The molecule has 0 unspecified atom stereocenters. The summed E-state index contributed by atoms with van der Waals surface area (Å²) in [6, 6.07) is 9.90. The summed E-state index contributed by atoms with van der Waals surface area (Å²) >= 11 is 0. The van der Waals surface area contributed by atoms with Crippen molar-refractivity contribution in [2.45, 2.75) is 46.0 Å². The van der Waals surface area contributed by atoms with Crippen LogP contribution in [-0.2, 0) is 0 Å². The molecule has 4 rings (SSSR count). The summed E-state index contributed by atoms with van der Waals surface area (Å²) in [5, 5.41) is 2.99. The van der Waals surface area contributed by atoms with Gasteiger partial charge in [-0.3, -0.25) is 4.79 Å². The van der Waals surface area contributed by atoms with Gasteiger partial charge in [-0.15, -0.1) is 0 Å². The minimum atomic E-state index is -0.187. The number of anilines is 3. The van der Waals surface area contributed by atoms with Crippen molar-refractivity contribution in [3.63, 3.8) is 0 Å². The van der Waals surface area contributed by atoms with Crippen LogP contribution in [0.15, 0.2) is 30.3 Å². The molecule has 6 nitrogen and oxygen atoms in total. The lowest BCUT2D eigenvalue weighted by atomic mass is 9.99. The molecular formula is C23H31N5O. The van der Waals surface area contributed by atoms with Gasteiger partial charge in [-0.1, -0.05) is 6.92 Å². The highest BCUT2D eigenvalue weighted by molar-refractivity contribution is 6.03. The third-order valence-corrected chi connectivity index (χ3v) is 5.99. The normalized spacial score (nSPS) is 18.0. The maximum atomic E-state index is 12.8. The molecule has 29 heavy (non-hydrogen) atoms. The molecule has 1 aromatic heterocycles. The molecule has 0 bridgehead atoms. The lowest BCUT2D eigenvalue weighted by Crippen LogP contribution is -2.32. The number of amides is 1. The fourth-order valence-corrected chi connectivity index (χ4v) is 4.12. The quantitative estimate of drug-likeness (QED) is 0.841. The summed E-state index contributed by atoms with van der Waals surface area (Å²) in [4.78, 5) is 26.5. The highest BCUT2D eigenvalue weighted by Gasteiger charge is 2.18. The van der Waals surface area contributed by atoms with Gasteiger partial charge in [0.1, 0.15) is 5.69 Å². The Balaban J connectivity index is 1.43. The van der Waals surface area contributed by atoms with E-state index in [4.69, 9.17) is 0 Å². The van der Waals surface area contributed by atoms with Crippen molar-refractivity contribution in [1.82, 2.24) is 9.97 Å². The van der Waals surface area contributed by atoms with Crippen LogP contribution in [0.25, 0.3) is 0 Å². The minimum absolute atomic E-state index is 0.187. The second-order valence-electron chi connectivity index (χ2n) is 8.41. The molecule has 1 N–H and O–H groups in total. The average Bonchev–Trinajstić information content (AvgIpc) is 2.75. The Kier molecular flexibility index (Phi) is 5.97. The van der Waals surface area contributed by atoms with Gasteiger partial charge in [0.15, 0.2) is 0 Å². The Labute approximate surface area is 173 Å². The van der Waals surface area contributed by atoms with Crippen LogP contribution in [0.1, 0.15) is 55.2 Å². The molecule has 2 aliphatic rings. The Hall–Kier alpha value is -2.63. The summed E-state index contributed by atoms with van der Waals surface area (Å²) < 4.78 is 0. The molecule has 3 heterocycles. The fourth-order valence-electron chi connectivity index (χ4n) is 4.12. The Morgan fingerprint density at radius 1 is 0.966 bits per heavy atom. The number of nitrogens with one attached hydrogen (secondary N) is 1. The number of rotatable bonds is 4. The number of aromatic nitrogens is 2.